The Kier molecular flexibility index (Phi) is 5.33. The predicted octanol–water partition coefficient (Wildman–Crippen LogP) is 5.04. The van der Waals surface area contributed by atoms with Gasteiger partial charge in [0.15, 0.2) is 0 Å². The van der Waals surface area contributed by atoms with Crippen molar-refractivity contribution >= 4 is 16.8 Å². The molecule has 2 heterocycles. The molecule has 6 heteroatoms. The summed E-state index contributed by atoms with van der Waals surface area (Å²) in [6.45, 7) is 2.17. The number of phenols is 1. The number of fused-ring (bicyclic) bond motifs is 1. The number of aromatic nitrogens is 2. The van der Waals surface area contributed by atoms with Gasteiger partial charge in [-0.3, -0.25) is 4.79 Å². The molecule has 2 fully saturated rings. The lowest BCUT2D eigenvalue weighted by molar-refractivity contribution is -0.129. The largest absolute Gasteiger partial charge is 0.508 e. The number of imidazole rings is 1. The minimum atomic E-state index is -0.409. The second-order valence-corrected chi connectivity index (χ2v) is 9.85. The fourth-order valence-corrected chi connectivity index (χ4v) is 5.36. The highest BCUT2D eigenvalue weighted by molar-refractivity contribution is 5.90. The van der Waals surface area contributed by atoms with Crippen LogP contribution in [0.3, 0.4) is 0 Å². The SMILES string of the molecule is COc1ccc2nc(-c3ccc(-c4cccc(O)c4)cc3)n(C[C@]3(C(=O)C4CC4)CCNC3)c2c1. The Morgan fingerprint density at radius 1 is 1.09 bits per heavy atom. The lowest BCUT2D eigenvalue weighted by Crippen LogP contribution is -2.39. The molecule has 2 aliphatic rings. The van der Waals surface area contributed by atoms with E-state index in [0.717, 1.165) is 65.1 Å². The summed E-state index contributed by atoms with van der Waals surface area (Å²) in [6, 6.07) is 21.4. The van der Waals surface area contributed by atoms with Crippen LogP contribution < -0.4 is 10.1 Å². The maximum atomic E-state index is 13.5. The Balaban J connectivity index is 1.45. The monoisotopic (exact) mass is 467 g/mol. The van der Waals surface area contributed by atoms with Gasteiger partial charge in [-0.15, -0.1) is 0 Å². The lowest BCUT2D eigenvalue weighted by Gasteiger charge is -2.28. The smallest absolute Gasteiger partial charge is 0.145 e. The maximum absolute atomic E-state index is 13.5. The number of carbonyl (C=O) groups is 1. The van der Waals surface area contributed by atoms with Crippen LogP contribution >= 0.6 is 0 Å². The van der Waals surface area contributed by atoms with Gasteiger partial charge in [0.25, 0.3) is 0 Å². The number of phenolic OH excluding ortho intramolecular Hbond substituents is 1. The number of hydrogen-bond donors (Lipinski definition) is 2. The van der Waals surface area contributed by atoms with Crippen molar-refractivity contribution in [2.75, 3.05) is 20.2 Å². The molecule has 0 unspecified atom stereocenters. The molecule has 1 aliphatic heterocycles. The fourth-order valence-electron chi connectivity index (χ4n) is 5.36. The number of rotatable bonds is 7. The summed E-state index contributed by atoms with van der Waals surface area (Å²) in [4.78, 5) is 18.5. The summed E-state index contributed by atoms with van der Waals surface area (Å²) in [7, 11) is 1.67. The average molecular weight is 468 g/mol. The van der Waals surface area contributed by atoms with E-state index in [1.807, 2.05) is 30.3 Å². The van der Waals surface area contributed by atoms with Gasteiger partial charge in [0, 0.05) is 30.6 Å². The van der Waals surface area contributed by atoms with E-state index < -0.39 is 5.41 Å². The summed E-state index contributed by atoms with van der Waals surface area (Å²) >= 11 is 0. The van der Waals surface area contributed by atoms with Gasteiger partial charge >= 0.3 is 0 Å². The number of hydrogen-bond acceptors (Lipinski definition) is 5. The summed E-state index contributed by atoms with van der Waals surface area (Å²) in [6.07, 6.45) is 2.88. The quantitative estimate of drug-likeness (QED) is 0.398. The molecule has 2 N–H and O–H groups in total. The minimum Gasteiger partial charge on any atom is -0.508 e. The highest BCUT2D eigenvalue weighted by Gasteiger charge is 2.48. The lowest BCUT2D eigenvalue weighted by atomic mass is 9.80. The standard InChI is InChI=1S/C29H29N3O3/c1-35-24-11-12-25-26(16-24)32(18-29(13-14-30-17-29)27(34)20-7-8-20)28(31-25)21-9-5-19(6-10-21)22-3-2-4-23(33)15-22/h2-6,9-12,15-16,20,30,33H,7-8,13-14,17-18H2,1H3/t29-/m0/s1. The molecule has 6 nitrogen and oxygen atoms in total. The minimum absolute atomic E-state index is 0.212. The zero-order chi connectivity index (χ0) is 24.0. The molecule has 3 aromatic carbocycles. The van der Waals surface area contributed by atoms with E-state index in [-0.39, 0.29) is 11.7 Å². The van der Waals surface area contributed by atoms with Gasteiger partial charge in [-0.1, -0.05) is 36.4 Å². The van der Waals surface area contributed by atoms with Crippen molar-refractivity contribution in [1.29, 1.82) is 0 Å². The summed E-state index contributed by atoms with van der Waals surface area (Å²) in [5, 5.41) is 13.3. The molecule has 178 valence electrons. The number of ether oxygens (including phenoxy) is 1. The molecule has 1 aliphatic carbocycles. The van der Waals surface area contributed by atoms with Crippen molar-refractivity contribution in [2.45, 2.75) is 25.8 Å². The van der Waals surface area contributed by atoms with Crippen molar-refractivity contribution in [1.82, 2.24) is 14.9 Å². The molecular weight excluding hydrogens is 438 g/mol. The molecule has 0 spiro atoms. The van der Waals surface area contributed by atoms with Crippen molar-refractivity contribution in [3.05, 3.63) is 66.7 Å². The zero-order valence-electron chi connectivity index (χ0n) is 19.8. The highest BCUT2D eigenvalue weighted by Crippen LogP contribution is 2.42. The Bertz CT molecular complexity index is 1400. The number of Topliss-reactive ketones (excluding diaryl/α,β-unsaturated/α-hetero) is 1. The summed E-state index contributed by atoms with van der Waals surface area (Å²) < 4.78 is 7.73. The van der Waals surface area contributed by atoms with Gasteiger partial charge in [-0.05, 0) is 61.2 Å². The second kappa shape index (κ2) is 8.54. The van der Waals surface area contributed by atoms with Crippen LogP contribution in [0.15, 0.2) is 66.7 Å². The van der Waals surface area contributed by atoms with Crippen molar-refractivity contribution in [3.63, 3.8) is 0 Å². The number of ketones is 1. The number of benzene rings is 3. The van der Waals surface area contributed by atoms with Gasteiger partial charge in [-0.2, -0.15) is 0 Å². The average Bonchev–Trinajstić information content (AvgIpc) is 3.53. The molecule has 1 saturated carbocycles. The van der Waals surface area contributed by atoms with Crippen LogP contribution in [0.1, 0.15) is 19.3 Å². The van der Waals surface area contributed by atoms with Gasteiger partial charge in [-0.25, -0.2) is 4.98 Å². The Morgan fingerprint density at radius 3 is 2.57 bits per heavy atom. The van der Waals surface area contributed by atoms with Crippen molar-refractivity contribution in [2.24, 2.45) is 11.3 Å². The van der Waals surface area contributed by atoms with E-state index in [1.165, 1.54) is 0 Å². The van der Waals surface area contributed by atoms with Crippen LogP contribution in [0, 0.1) is 11.3 Å². The molecule has 6 rings (SSSR count). The Labute approximate surface area is 204 Å². The first kappa shape index (κ1) is 21.9. The van der Waals surface area contributed by atoms with E-state index in [4.69, 9.17) is 9.72 Å². The van der Waals surface area contributed by atoms with Gasteiger partial charge in [0.2, 0.25) is 0 Å². The third kappa shape index (κ3) is 3.98. The number of nitrogens with zero attached hydrogens (tertiary/aromatic N) is 2. The van der Waals surface area contributed by atoms with E-state index >= 15 is 0 Å². The van der Waals surface area contributed by atoms with E-state index in [2.05, 4.69) is 34.1 Å². The zero-order valence-corrected chi connectivity index (χ0v) is 19.8. The van der Waals surface area contributed by atoms with Gasteiger partial charge in [0.1, 0.15) is 23.1 Å². The highest BCUT2D eigenvalue weighted by atomic mass is 16.5. The molecule has 35 heavy (non-hydrogen) atoms. The molecular formula is C29H29N3O3. The first-order valence-electron chi connectivity index (χ1n) is 12.3. The molecule has 0 amide bonds. The number of aromatic hydroxyl groups is 1. The fraction of sp³-hybridized carbons (Fsp3) is 0.310. The predicted molar refractivity (Wildman–Crippen MR) is 136 cm³/mol. The van der Waals surface area contributed by atoms with Crippen LogP contribution in [-0.4, -0.2) is 40.6 Å². The van der Waals surface area contributed by atoms with Gasteiger partial charge in [0.05, 0.1) is 23.6 Å². The molecule has 0 radical (unpaired) electrons. The van der Waals surface area contributed by atoms with Gasteiger partial charge < -0.3 is 19.7 Å². The number of nitrogens with one attached hydrogen (secondary N) is 1. The number of methoxy groups -OCH3 is 1. The van der Waals surface area contributed by atoms with E-state index in [1.54, 1.807) is 19.2 Å². The molecule has 1 atom stereocenters. The summed E-state index contributed by atoms with van der Waals surface area (Å²) in [5.74, 6) is 2.49. The Hall–Kier alpha value is -3.64. The third-order valence-electron chi connectivity index (χ3n) is 7.45. The molecule has 0 bridgehead atoms. The normalized spacial score (nSPS) is 19.8. The molecule has 1 aromatic heterocycles. The van der Waals surface area contributed by atoms with Crippen LogP contribution in [0.5, 0.6) is 11.5 Å². The topological polar surface area (TPSA) is 76.4 Å². The van der Waals surface area contributed by atoms with Crippen LogP contribution in [0.2, 0.25) is 0 Å². The van der Waals surface area contributed by atoms with E-state index in [0.29, 0.717) is 18.9 Å². The van der Waals surface area contributed by atoms with E-state index in [9.17, 15) is 9.90 Å². The van der Waals surface area contributed by atoms with Crippen molar-refractivity contribution in [3.8, 4) is 34.0 Å². The van der Waals surface area contributed by atoms with Crippen LogP contribution in [0.25, 0.3) is 33.5 Å². The number of carbonyl (C=O) groups excluding carboxylic acids is 1. The summed E-state index contributed by atoms with van der Waals surface area (Å²) in [5.41, 5.74) is 4.43. The van der Waals surface area contributed by atoms with Crippen molar-refractivity contribution < 1.29 is 14.6 Å². The second-order valence-electron chi connectivity index (χ2n) is 9.85. The maximum Gasteiger partial charge on any atom is 0.145 e. The first-order valence-corrected chi connectivity index (χ1v) is 12.3. The molecule has 1 saturated heterocycles. The van der Waals surface area contributed by atoms with Crippen LogP contribution in [-0.2, 0) is 11.3 Å². The Morgan fingerprint density at radius 2 is 1.89 bits per heavy atom. The third-order valence-corrected chi connectivity index (χ3v) is 7.45. The van der Waals surface area contributed by atoms with Crippen LogP contribution in [0.4, 0.5) is 0 Å². The molecule has 4 aromatic rings. The first-order chi connectivity index (χ1) is 17.1.